The monoisotopic (exact) mass is 280 g/mol. The maximum atomic E-state index is 11.3. The Kier molecular flexibility index (Phi) is 7.04. The zero-order valence-electron chi connectivity index (χ0n) is 12.3. The molecule has 0 aliphatic carbocycles. The molecule has 0 aliphatic heterocycles. The molecule has 1 rings (SSSR count). The summed E-state index contributed by atoms with van der Waals surface area (Å²) >= 11 is 0. The van der Waals surface area contributed by atoms with Gasteiger partial charge in [-0.05, 0) is 31.0 Å². The van der Waals surface area contributed by atoms with Crippen molar-refractivity contribution in [1.29, 1.82) is 0 Å². The third kappa shape index (κ3) is 5.59. The van der Waals surface area contributed by atoms with Crippen LogP contribution in [-0.2, 0) is 11.2 Å². The van der Waals surface area contributed by atoms with Gasteiger partial charge in [0.05, 0.1) is 6.04 Å². The van der Waals surface area contributed by atoms with Crippen molar-refractivity contribution < 1.29 is 14.6 Å². The van der Waals surface area contributed by atoms with Crippen molar-refractivity contribution in [3.05, 3.63) is 29.8 Å². The fourth-order valence-corrected chi connectivity index (χ4v) is 1.69. The van der Waals surface area contributed by atoms with Gasteiger partial charge < -0.3 is 20.5 Å². The lowest BCUT2D eigenvalue weighted by molar-refractivity contribution is -0.122. The largest absolute Gasteiger partial charge is 0.491 e. The van der Waals surface area contributed by atoms with Crippen LogP contribution in [0.3, 0.4) is 0 Å². The summed E-state index contributed by atoms with van der Waals surface area (Å²) in [6, 6.07) is 7.47. The molecule has 112 valence electrons. The van der Waals surface area contributed by atoms with Crippen LogP contribution in [0.4, 0.5) is 0 Å². The number of benzene rings is 1. The van der Waals surface area contributed by atoms with Crippen LogP contribution in [0.25, 0.3) is 0 Å². The lowest BCUT2D eigenvalue weighted by Gasteiger charge is -2.16. The van der Waals surface area contributed by atoms with E-state index in [4.69, 9.17) is 4.74 Å². The zero-order chi connectivity index (χ0) is 15.0. The smallest absolute Gasteiger partial charge is 0.236 e. The van der Waals surface area contributed by atoms with Gasteiger partial charge in [-0.25, -0.2) is 0 Å². The zero-order valence-corrected chi connectivity index (χ0v) is 12.3. The van der Waals surface area contributed by atoms with E-state index in [-0.39, 0.29) is 18.6 Å². The molecule has 0 saturated carbocycles. The van der Waals surface area contributed by atoms with Gasteiger partial charge in [0.25, 0.3) is 0 Å². The fourth-order valence-electron chi connectivity index (χ4n) is 1.69. The molecule has 5 nitrogen and oxygen atoms in total. The first kappa shape index (κ1) is 16.5. The van der Waals surface area contributed by atoms with Crippen molar-refractivity contribution >= 4 is 5.91 Å². The Labute approximate surface area is 120 Å². The number of carbonyl (C=O) groups excluding carboxylic acids is 1. The van der Waals surface area contributed by atoms with Gasteiger partial charge in [-0.3, -0.25) is 4.79 Å². The van der Waals surface area contributed by atoms with E-state index in [0.717, 1.165) is 12.2 Å². The molecule has 2 atom stereocenters. The second kappa shape index (κ2) is 8.55. The number of rotatable bonds is 8. The molecule has 0 fully saturated rings. The van der Waals surface area contributed by atoms with Crippen LogP contribution in [0.2, 0.25) is 0 Å². The van der Waals surface area contributed by atoms with Gasteiger partial charge in [0, 0.05) is 13.6 Å². The molecule has 0 aliphatic rings. The lowest BCUT2D eigenvalue weighted by Crippen LogP contribution is -2.44. The van der Waals surface area contributed by atoms with Gasteiger partial charge in [-0.15, -0.1) is 0 Å². The van der Waals surface area contributed by atoms with Crippen LogP contribution in [0, 0.1) is 0 Å². The number of ether oxygens (including phenoxy) is 1. The molecule has 0 heterocycles. The van der Waals surface area contributed by atoms with E-state index in [1.165, 1.54) is 5.56 Å². The third-order valence-corrected chi connectivity index (χ3v) is 3.07. The fraction of sp³-hybridized carbons (Fsp3) is 0.533. The highest BCUT2D eigenvalue weighted by Gasteiger charge is 2.12. The highest BCUT2D eigenvalue weighted by atomic mass is 16.5. The Hall–Kier alpha value is -1.59. The molecule has 0 radical (unpaired) electrons. The number of hydrogen-bond acceptors (Lipinski definition) is 4. The van der Waals surface area contributed by atoms with E-state index in [1.807, 2.05) is 24.3 Å². The van der Waals surface area contributed by atoms with E-state index in [9.17, 15) is 9.90 Å². The number of aliphatic hydroxyl groups excluding tert-OH is 1. The number of aliphatic hydroxyl groups is 1. The van der Waals surface area contributed by atoms with Gasteiger partial charge in [-0.1, -0.05) is 19.1 Å². The summed E-state index contributed by atoms with van der Waals surface area (Å²) in [5, 5.41) is 15.3. The van der Waals surface area contributed by atoms with Crippen LogP contribution in [0.15, 0.2) is 24.3 Å². The van der Waals surface area contributed by atoms with Crippen molar-refractivity contribution in [2.45, 2.75) is 32.4 Å². The molecule has 1 aromatic carbocycles. The van der Waals surface area contributed by atoms with Crippen molar-refractivity contribution in [2.24, 2.45) is 0 Å². The molecule has 0 saturated heterocycles. The molecule has 5 heteroatoms. The van der Waals surface area contributed by atoms with Gasteiger partial charge in [0.1, 0.15) is 18.5 Å². The van der Waals surface area contributed by atoms with Crippen LogP contribution in [0.5, 0.6) is 5.75 Å². The maximum Gasteiger partial charge on any atom is 0.236 e. The van der Waals surface area contributed by atoms with Crippen LogP contribution >= 0.6 is 0 Å². The van der Waals surface area contributed by atoms with E-state index >= 15 is 0 Å². The molecule has 1 amide bonds. The Morgan fingerprint density at radius 2 is 2.00 bits per heavy atom. The number of likely N-dealkylation sites (N-methyl/N-ethyl adjacent to an activating group) is 1. The molecule has 20 heavy (non-hydrogen) atoms. The predicted molar refractivity (Wildman–Crippen MR) is 78.9 cm³/mol. The van der Waals surface area contributed by atoms with Gasteiger partial charge >= 0.3 is 0 Å². The first-order chi connectivity index (χ1) is 9.56. The minimum Gasteiger partial charge on any atom is -0.491 e. The molecule has 3 N–H and O–H groups in total. The molecule has 1 aromatic rings. The predicted octanol–water partition coefficient (Wildman–Crippen LogP) is 0.713. The number of aryl methyl sites for hydroxylation is 1. The highest BCUT2D eigenvalue weighted by Crippen LogP contribution is 2.12. The van der Waals surface area contributed by atoms with Crippen molar-refractivity contribution in [1.82, 2.24) is 10.6 Å². The number of hydrogen-bond donors (Lipinski definition) is 3. The van der Waals surface area contributed by atoms with Crippen molar-refractivity contribution in [3.8, 4) is 5.75 Å². The Bertz CT molecular complexity index is 406. The van der Waals surface area contributed by atoms with E-state index < -0.39 is 6.10 Å². The first-order valence-electron chi connectivity index (χ1n) is 6.91. The maximum absolute atomic E-state index is 11.3. The van der Waals surface area contributed by atoms with Gasteiger partial charge in [-0.2, -0.15) is 0 Å². The topological polar surface area (TPSA) is 70.6 Å². The SMILES string of the molecule is CCc1ccc(OCC(O)CNC(C)C(=O)NC)cc1. The van der Waals surface area contributed by atoms with Gasteiger partial charge in [0.2, 0.25) is 5.91 Å². The van der Waals surface area contributed by atoms with E-state index in [2.05, 4.69) is 17.6 Å². The third-order valence-electron chi connectivity index (χ3n) is 3.07. The number of amides is 1. The van der Waals surface area contributed by atoms with Crippen LogP contribution in [-0.4, -0.2) is 43.4 Å². The van der Waals surface area contributed by atoms with Crippen LogP contribution < -0.4 is 15.4 Å². The number of carbonyl (C=O) groups is 1. The summed E-state index contributed by atoms with van der Waals surface area (Å²) in [4.78, 5) is 11.3. The first-order valence-corrected chi connectivity index (χ1v) is 6.91. The molecule has 0 bridgehead atoms. The molecular formula is C15H24N2O3. The summed E-state index contributed by atoms with van der Waals surface area (Å²) in [5.74, 6) is 0.633. The van der Waals surface area contributed by atoms with E-state index in [1.54, 1.807) is 14.0 Å². The standard InChI is InChI=1S/C15H24N2O3/c1-4-12-5-7-14(8-6-12)20-10-13(18)9-17-11(2)15(19)16-3/h5-8,11,13,17-18H,4,9-10H2,1-3H3,(H,16,19). The summed E-state index contributed by atoms with van der Waals surface area (Å²) in [6.07, 6.45) is 0.331. The normalized spacial score (nSPS) is 13.6. The average molecular weight is 280 g/mol. The Balaban J connectivity index is 2.28. The minimum atomic E-state index is -0.659. The summed E-state index contributed by atoms with van der Waals surface area (Å²) < 4.78 is 5.50. The van der Waals surface area contributed by atoms with Crippen molar-refractivity contribution in [3.63, 3.8) is 0 Å². The number of nitrogens with one attached hydrogen (secondary N) is 2. The molecule has 0 aromatic heterocycles. The van der Waals surface area contributed by atoms with Gasteiger partial charge in [0.15, 0.2) is 0 Å². The average Bonchev–Trinajstić information content (AvgIpc) is 2.50. The summed E-state index contributed by atoms with van der Waals surface area (Å²) in [5.41, 5.74) is 1.25. The minimum absolute atomic E-state index is 0.103. The Morgan fingerprint density at radius 1 is 1.35 bits per heavy atom. The van der Waals surface area contributed by atoms with Crippen molar-refractivity contribution in [2.75, 3.05) is 20.2 Å². The molecular weight excluding hydrogens is 256 g/mol. The highest BCUT2D eigenvalue weighted by molar-refractivity contribution is 5.80. The molecule has 2 unspecified atom stereocenters. The van der Waals surface area contributed by atoms with E-state index in [0.29, 0.717) is 6.54 Å². The molecule has 0 spiro atoms. The summed E-state index contributed by atoms with van der Waals surface area (Å²) in [6.45, 7) is 4.34. The second-order valence-electron chi connectivity index (χ2n) is 4.71. The quantitative estimate of drug-likeness (QED) is 0.656. The Morgan fingerprint density at radius 3 is 2.55 bits per heavy atom. The summed E-state index contributed by atoms with van der Waals surface area (Å²) in [7, 11) is 1.58. The lowest BCUT2D eigenvalue weighted by atomic mass is 10.2. The van der Waals surface area contributed by atoms with Crippen LogP contribution in [0.1, 0.15) is 19.4 Å². The second-order valence-corrected chi connectivity index (χ2v) is 4.71.